The Bertz CT molecular complexity index is 744. The van der Waals surface area contributed by atoms with Crippen LogP contribution in [0.1, 0.15) is 16.1 Å². The molecule has 110 valence electrons. The second-order valence-electron chi connectivity index (χ2n) is 4.17. The molecule has 0 saturated heterocycles. The summed E-state index contributed by atoms with van der Waals surface area (Å²) in [5.41, 5.74) is 0.257. The number of hydrogen-bond donors (Lipinski definition) is 1. The Hall–Kier alpha value is -1.87. The fourth-order valence-electron chi connectivity index (χ4n) is 1.81. The van der Waals surface area contributed by atoms with E-state index >= 15 is 0 Å². The summed E-state index contributed by atoms with van der Waals surface area (Å²) in [6, 6.07) is 4.67. The minimum atomic E-state index is -1.09. The van der Waals surface area contributed by atoms with Crippen molar-refractivity contribution >= 4 is 39.3 Å². The van der Waals surface area contributed by atoms with Gasteiger partial charge in [-0.3, -0.25) is 14.8 Å². The van der Waals surface area contributed by atoms with Crippen molar-refractivity contribution in [2.24, 2.45) is 7.05 Å². The molecule has 7 nitrogen and oxygen atoms in total. The van der Waals surface area contributed by atoms with Gasteiger partial charge < -0.3 is 5.11 Å². The van der Waals surface area contributed by atoms with Gasteiger partial charge in [-0.15, -0.1) is 0 Å². The number of rotatable bonds is 4. The Kier molecular flexibility index (Phi) is 4.33. The van der Waals surface area contributed by atoms with Crippen LogP contribution in [0.3, 0.4) is 0 Å². The van der Waals surface area contributed by atoms with E-state index in [0.717, 1.165) is 11.8 Å². The van der Waals surface area contributed by atoms with E-state index in [9.17, 15) is 20.0 Å². The molecule has 0 aliphatic rings. The van der Waals surface area contributed by atoms with Crippen LogP contribution in [0.4, 0.5) is 5.69 Å². The molecule has 0 fully saturated rings. The molecule has 0 unspecified atom stereocenters. The van der Waals surface area contributed by atoms with Crippen molar-refractivity contribution in [2.45, 2.75) is 16.8 Å². The van der Waals surface area contributed by atoms with E-state index < -0.39 is 10.9 Å². The van der Waals surface area contributed by atoms with Gasteiger partial charge in [0.1, 0.15) is 5.69 Å². The van der Waals surface area contributed by atoms with E-state index in [2.05, 4.69) is 21.0 Å². The number of aromatic carboxylic acids is 1. The zero-order valence-electron chi connectivity index (χ0n) is 11.0. The maximum absolute atomic E-state index is 11.2. The minimum absolute atomic E-state index is 0.0800. The van der Waals surface area contributed by atoms with Crippen molar-refractivity contribution in [1.29, 1.82) is 0 Å². The molecule has 2 aromatic rings. The molecule has 0 amide bonds. The average molecular weight is 372 g/mol. The summed E-state index contributed by atoms with van der Waals surface area (Å²) in [6.07, 6.45) is 0. The second kappa shape index (κ2) is 5.86. The highest BCUT2D eigenvalue weighted by Crippen LogP contribution is 2.38. The first-order valence-electron chi connectivity index (χ1n) is 5.70. The number of carbonyl (C=O) groups is 1. The number of benzene rings is 1. The standard InChI is InChI=1S/C12H10BrN3O4S/c1-6-10(16(19)20)11(15(2)14-6)21-9-5-7(13)3-4-8(9)12(17)18/h3-5H,1-2H3,(H,17,18). The summed E-state index contributed by atoms with van der Waals surface area (Å²) < 4.78 is 2.07. The van der Waals surface area contributed by atoms with Crippen LogP contribution in [0.15, 0.2) is 32.6 Å². The third-order valence-electron chi connectivity index (χ3n) is 2.70. The van der Waals surface area contributed by atoms with Crippen LogP contribution >= 0.6 is 27.7 Å². The first-order chi connectivity index (χ1) is 9.81. The number of carboxylic acids is 1. The van der Waals surface area contributed by atoms with Gasteiger partial charge in [-0.1, -0.05) is 27.7 Å². The van der Waals surface area contributed by atoms with Gasteiger partial charge in [-0.05, 0) is 25.1 Å². The quantitative estimate of drug-likeness (QED) is 0.654. The first kappa shape index (κ1) is 15.5. The summed E-state index contributed by atoms with van der Waals surface area (Å²) in [5, 5.41) is 24.7. The van der Waals surface area contributed by atoms with Gasteiger partial charge in [0.2, 0.25) is 0 Å². The number of halogens is 1. The van der Waals surface area contributed by atoms with Crippen LogP contribution in [0.2, 0.25) is 0 Å². The van der Waals surface area contributed by atoms with Gasteiger partial charge in [0, 0.05) is 16.4 Å². The predicted octanol–water partition coefficient (Wildman–Crippen LogP) is 3.25. The fourth-order valence-corrected chi connectivity index (χ4v) is 3.48. The van der Waals surface area contributed by atoms with E-state index in [1.807, 2.05) is 0 Å². The van der Waals surface area contributed by atoms with Crippen LogP contribution in [0.25, 0.3) is 0 Å². The second-order valence-corrected chi connectivity index (χ2v) is 6.11. The molecule has 1 aromatic heterocycles. The molecular formula is C12H10BrN3O4S. The lowest BCUT2D eigenvalue weighted by atomic mass is 10.2. The van der Waals surface area contributed by atoms with E-state index in [1.165, 1.54) is 10.7 Å². The van der Waals surface area contributed by atoms with Crippen molar-refractivity contribution in [3.8, 4) is 0 Å². The molecule has 1 heterocycles. The molecule has 0 saturated carbocycles. The maximum Gasteiger partial charge on any atom is 0.336 e. The normalized spacial score (nSPS) is 10.6. The van der Waals surface area contributed by atoms with Crippen molar-refractivity contribution in [3.63, 3.8) is 0 Å². The van der Waals surface area contributed by atoms with Crippen molar-refractivity contribution in [3.05, 3.63) is 44.0 Å². The van der Waals surface area contributed by atoms with Gasteiger partial charge in [0.25, 0.3) is 0 Å². The average Bonchev–Trinajstić information content (AvgIpc) is 2.63. The molecule has 9 heteroatoms. The lowest BCUT2D eigenvalue weighted by Crippen LogP contribution is -2.00. The first-order valence-corrected chi connectivity index (χ1v) is 7.31. The molecule has 21 heavy (non-hydrogen) atoms. The van der Waals surface area contributed by atoms with Crippen molar-refractivity contribution in [1.82, 2.24) is 9.78 Å². The third-order valence-corrected chi connectivity index (χ3v) is 4.40. The lowest BCUT2D eigenvalue weighted by molar-refractivity contribution is -0.388. The third kappa shape index (κ3) is 3.08. The number of aromatic nitrogens is 2. The molecule has 0 atom stereocenters. The van der Waals surface area contributed by atoms with Crippen molar-refractivity contribution in [2.75, 3.05) is 0 Å². The molecule has 0 aliphatic carbocycles. The number of hydrogen-bond acceptors (Lipinski definition) is 5. The monoisotopic (exact) mass is 371 g/mol. The van der Waals surface area contributed by atoms with Gasteiger partial charge >= 0.3 is 11.7 Å². The Morgan fingerprint density at radius 1 is 1.52 bits per heavy atom. The summed E-state index contributed by atoms with van der Waals surface area (Å²) in [7, 11) is 1.58. The minimum Gasteiger partial charge on any atom is -0.478 e. The SMILES string of the molecule is Cc1nn(C)c(Sc2cc(Br)ccc2C(=O)O)c1[N+](=O)[O-]. The Labute approximate surface area is 132 Å². The summed E-state index contributed by atoms with van der Waals surface area (Å²) in [4.78, 5) is 22.3. The topological polar surface area (TPSA) is 98.3 Å². The molecule has 0 aliphatic heterocycles. The largest absolute Gasteiger partial charge is 0.478 e. The highest BCUT2D eigenvalue weighted by molar-refractivity contribution is 9.10. The van der Waals surface area contributed by atoms with Gasteiger partial charge in [-0.25, -0.2) is 4.79 Å². The zero-order valence-corrected chi connectivity index (χ0v) is 13.4. The fraction of sp³-hybridized carbons (Fsp3) is 0.167. The highest BCUT2D eigenvalue weighted by Gasteiger charge is 2.26. The number of carboxylic acid groups (broad SMARTS) is 1. The van der Waals surface area contributed by atoms with E-state index in [1.54, 1.807) is 26.1 Å². The molecule has 0 bridgehead atoms. The Morgan fingerprint density at radius 2 is 2.19 bits per heavy atom. The van der Waals surface area contributed by atoms with Gasteiger partial charge in [0.05, 0.1) is 10.5 Å². The summed E-state index contributed by atoms with van der Waals surface area (Å²) >= 11 is 4.27. The molecule has 1 aromatic carbocycles. The number of nitrogens with zero attached hydrogens (tertiary/aromatic N) is 3. The van der Waals surface area contributed by atoms with Crippen LogP contribution in [0, 0.1) is 17.0 Å². The predicted molar refractivity (Wildman–Crippen MR) is 79.8 cm³/mol. The number of aryl methyl sites for hydroxylation is 2. The smallest absolute Gasteiger partial charge is 0.336 e. The van der Waals surface area contributed by atoms with Crippen LogP contribution < -0.4 is 0 Å². The Morgan fingerprint density at radius 3 is 2.76 bits per heavy atom. The number of nitro groups is 1. The van der Waals surface area contributed by atoms with Crippen LogP contribution in [-0.2, 0) is 7.05 Å². The summed E-state index contributed by atoms with van der Waals surface area (Å²) in [6.45, 7) is 1.54. The molecule has 0 spiro atoms. The van der Waals surface area contributed by atoms with Crippen molar-refractivity contribution < 1.29 is 14.8 Å². The van der Waals surface area contributed by atoms with Gasteiger partial charge in [0.15, 0.2) is 5.03 Å². The summed E-state index contributed by atoms with van der Waals surface area (Å²) in [5.74, 6) is -1.09. The van der Waals surface area contributed by atoms with Crippen LogP contribution in [0.5, 0.6) is 0 Å². The Balaban J connectivity index is 2.55. The molecule has 2 rings (SSSR count). The van der Waals surface area contributed by atoms with E-state index in [4.69, 9.17) is 0 Å². The van der Waals surface area contributed by atoms with Gasteiger partial charge in [-0.2, -0.15) is 5.10 Å². The highest BCUT2D eigenvalue weighted by atomic mass is 79.9. The maximum atomic E-state index is 11.2. The molecule has 0 radical (unpaired) electrons. The van der Waals surface area contributed by atoms with E-state index in [0.29, 0.717) is 9.37 Å². The zero-order chi connectivity index (χ0) is 15.7. The molecule has 1 N–H and O–H groups in total. The van der Waals surface area contributed by atoms with E-state index in [-0.39, 0.29) is 22.0 Å². The van der Waals surface area contributed by atoms with Crippen LogP contribution in [-0.4, -0.2) is 25.8 Å². The lowest BCUT2D eigenvalue weighted by Gasteiger charge is -2.06. The molecular weight excluding hydrogens is 362 g/mol.